The van der Waals surface area contributed by atoms with Crippen molar-refractivity contribution < 1.29 is 14.4 Å². The zero-order chi connectivity index (χ0) is 26.4. The number of benzodiazepines with no additional fused rings is 1. The van der Waals surface area contributed by atoms with Crippen LogP contribution in [-0.2, 0) is 14.4 Å². The molecule has 3 N–H and O–H groups in total. The molecule has 0 aliphatic carbocycles. The van der Waals surface area contributed by atoms with Crippen molar-refractivity contribution in [1.82, 2.24) is 5.32 Å². The molecule has 1 heterocycles. The van der Waals surface area contributed by atoms with E-state index in [0.29, 0.717) is 30.4 Å². The third-order valence-electron chi connectivity index (χ3n) is 5.04. The number of aliphatic imine (C=N–C) groups is 1. The predicted molar refractivity (Wildman–Crippen MR) is 143 cm³/mol. The Labute approximate surface area is 209 Å². The number of allylic oxidation sites excluding steroid dienone is 1. The van der Waals surface area contributed by atoms with E-state index >= 15 is 0 Å². The molecule has 0 saturated carbocycles. The summed E-state index contributed by atoms with van der Waals surface area (Å²) in [5, 5.41) is 2.48. The van der Waals surface area contributed by atoms with E-state index in [1.54, 1.807) is 13.1 Å². The quantitative estimate of drug-likeness (QED) is 0.458. The predicted octanol–water partition coefficient (Wildman–Crippen LogP) is 4.31. The molecule has 3 amide bonds. The Morgan fingerprint density at radius 2 is 1.71 bits per heavy atom. The van der Waals surface area contributed by atoms with Gasteiger partial charge in [0.15, 0.2) is 0 Å². The first kappa shape index (κ1) is 29.3. The summed E-state index contributed by atoms with van der Waals surface area (Å²) in [6.45, 7) is 11.6. The summed E-state index contributed by atoms with van der Waals surface area (Å²) < 4.78 is 0. The second-order valence-electron chi connectivity index (χ2n) is 8.76. The van der Waals surface area contributed by atoms with Crippen LogP contribution in [0, 0.1) is 11.8 Å². The minimum absolute atomic E-state index is 0.187. The molecule has 2 aromatic carbocycles. The molecule has 0 radical (unpaired) electrons. The molecule has 0 bridgehead atoms. The molecular formula is C28H38N4O3. The van der Waals surface area contributed by atoms with Crippen LogP contribution in [0.3, 0.4) is 0 Å². The minimum atomic E-state index is -0.926. The van der Waals surface area contributed by atoms with Gasteiger partial charge in [-0.3, -0.25) is 14.4 Å². The highest BCUT2D eigenvalue weighted by molar-refractivity contribution is 6.20. The average molecular weight is 479 g/mol. The van der Waals surface area contributed by atoms with Crippen molar-refractivity contribution in [3.63, 3.8) is 0 Å². The monoisotopic (exact) mass is 478 g/mol. The van der Waals surface area contributed by atoms with E-state index in [1.165, 1.54) is 4.90 Å². The van der Waals surface area contributed by atoms with Gasteiger partial charge in [0.2, 0.25) is 18.5 Å². The molecule has 35 heavy (non-hydrogen) atoms. The highest BCUT2D eigenvalue weighted by atomic mass is 16.2. The Kier molecular flexibility index (Phi) is 12.7. The molecular weight excluding hydrogens is 440 g/mol. The maximum atomic E-state index is 12.5. The van der Waals surface area contributed by atoms with Gasteiger partial charge in [0.1, 0.15) is 0 Å². The molecule has 1 unspecified atom stereocenters. The number of anilines is 1. The second kappa shape index (κ2) is 15.2. The Hall–Kier alpha value is -3.74. The van der Waals surface area contributed by atoms with Crippen molar-refractivity contribution in [3.8, 4) is 0 Å². The molecule has 2 atom stereocenters. The van der Waals surface area contributed by atoms with E-state index in [9.17, 15) is 14.4 Å². The molecule has 0 aromatic heterocycles. The van der Waals surface area contributed by atoms with Gasteiger partial charge in [-0.1, -0.05) is 75.4 Å². The third kappa shape index (κ3) is 9.57. The Morgan fingerprint density at radius 1 is 1.14 bits per heavy atom. The van der Waals surface area contributed by atoms with Crippen molar-refractivity contribution in [2.75, 3.05) is 11.9 Å². The lowest BCUT2D eigenvalue weighted by Crippen LogP contribution is -2.43. The first-order chi connectivity index (χ1) is 16.7. The van der Waals surface area contributed by atoms with Crippen LogP contribution in [0.15, 0.2) is 72.2 Å². The van der Waals surface area contributed by atoms with Crippen LogP contribution in [0.5, 0.6) is 0 Å². The number of carbonyl (C=O) groups excluding carboxylic acids is 3. The highest BCUT2D eigenvalue weighted by Crippen LogP contribution is 2.26. The molecule has 7 nitrogen and oxygen atoms in total. The number of para-hydroxylation sites is 1. The lowest BCUT2D eigenvalue weighted by atomic mass is 9.96. The van der Waals surface area contributed by atoms with Gasteiger partial charge in [-0.25, -0.2) is 4.99 Å². The molecule has 1 aliphatic rings. The second-order valence-corrected chi connectivity index (χ2v) is 8.76. The lowest BCUT2D eigenvalue weighted by molar-refractivity contribution is -0.122. The molecule has 0 spiro atoms. The zero-order valence-corrected chi connectivity index (χ0v) is 21.4. The van der Waals surface area contributed by atoms with Gasteiger partial charge in [0, 0.05) is 24.6 Å². The number of hydrogen-bond donors (Lipinski definition) is 2. The Balaban J connectivity index is 0.000000397. The van der Waals surface area contributed by atoms with E-state index in [2.05, 4.69) is 37.7 Å². The smallest absolute Gasteiger partial charge is 0.272 e. The number of benzene rings is 2. The van der Waals surface area contributed by atoms with Crippen LogP contribution in [-0.4, -0.2) is 37.1 Å². The molecule has 7 heteroatoms. The van der Waals surface area contributed by atoms with E-state index < -0.39 is 6.17 Å². The van der Waals surface area contributed by atoms with Crippen molar-refractivity contribution in [1.29, 1.82) is 0 Å². The zero-order valence-electron chi connectivity index (χ0n) is 21.4. The van der Waals surface area contributed by atoms with E-state index in [0.717, 1.165) is 23.2 Å². The number of fused-ring (bicyclic) bond motifs is 1. The van der Waals surface area contributed by atoms with Crippen molar-refractivity contribution >= 4 is 29.6 Å². The van der Waals surface area contributed by atoms with Crippen LogP contribution in [0.4, 0.5) is 5.69 Å². The topological polar surface area (TPSA) is 105 Å². The van der Waals surface area contributed by atoms with Crippen molar-refractivity contribution in [2.24, 2.45) is 22.6 Å². The molecule has 0 saturated heterocycles. The number of amides is 3. The van der Waals surface area contributed by atoms with E-state index in [4.69, 9.17) is 5.73 Å². The molecule has 3 rings (SSSR count). The van der Waals surface area contributed by atoms with E-state index in [-0.39, 0.29) is 11.8 Å². The largest absolute Gasteiger partial charge is 0.370 e. The highest BCUT2D eigenvalue weighted by Gasteiger charge is 2.29. The summed E-state index contributed by atoms with van der Waals surface area (Å²) in [5.41, 5.74) is 8.25. The van der Waals surface area contributed by atoms with Crippen molar-refractivity contribution in [2.45, 2.75) is 46.7 Å². The van der Waals surface area contributed by atoms with Gasteiger partial charge < -0.3 is 16.0 Å². The first-order valence-corrected chi connectivity index (χ1v) is 11.7. The third-order valence-corrected chi connectivity index (χ3v) is 5.04. The first-order valence-electron chi connectivity index (χ1n) is 11.7. The average Bonchev–Trinajstić information content (AvgIpc) is 2.91. The maximum Gasteiger partial charge on any atom is 0.272 e. The number of nitrogens with two attached hydrogens (primary N) is 1. The fourth-order valence-corrected chi connectivity index (χ4v) is 3.75. The van der Waals surface area contributed by atoms with Gasteiger partial charge in [0.25, 0.3) is 5.91 Å². The summed E-state index contributed by atoms with van der Waals surface area (Å²) in [6.07, 6.45) is 2.93. The van der Waals surface area contributed by atoms with Crippen LogP contribution < -0.4 is 16.0 Å². The number of rotatable bonds is 7. The number of likely N-dealkylation sites (N-methyl/N-ethyl adjacent to an activating group) is 1. The van der Waals surface area contributed by atoms with Gasteiger partial charge in [0.05, 0.1) is 11.4 Å². The minimum Gasteiger partial charge on any atom is -0.370 e. The van der Waals surface area contributed by atoms with Gasteiger partial charge in [-0.2, -0.15) is 0 Å². The fourth-order valence-electron chi connectivity index (χ4n) is 3.75. The number of nitrogens with one attached hydrogen (secondary N) is 1. The van der Waals surface area contributed by atoms with E-state index in [1.807, 2.05) is 61.5 Å². The van der Waals surface area contributed by atoms with Gasteiger partial charge >= 0.3 is 0 Å². The normalized spacial score (nSPS) is 15.1. The maximum absolute atomic E-state index is 12.5. The van der Waals surface area contributed by atoms with Crippen LogP contribution in [0.1, 0.15) is 51.7 Å². The molecule has 0 fully saturated rings. The summed E-state index contributed by atoms with van der Waals surface area (Å²) >= 11 is 0. The number of hydrogen-bond acceptors (Lipinski definition) is 4. The van der Waals surface area contributed by atoms with Crippen molar-refractivity contribution in [3.05, 3.63) is 78.4 Å². The fraction of sp³-hybridized carbons (Fsp3) is 0.357. The molecule has 2 aromatic rings. The SMILES string of the molecule is C=CC.CC(C)C[C@@H](C)CC(N)=O.CN1C(=O)C(NC=O)N=C(c2ccccc2)c2ccccc21. The van der Waals surface area contributed by atoms with Gasteiger partial charge in [-0.15, -0.1) is 6.58 Å². The number of carbonyl (C=O) groups is 3. The standard InChI is InChI=1S/C17H15N3O2.C8H17NO.C3H6/c1-20-14-10-6-5-9-13(14)15(12-7-3-2-4-8-12)19-16(17(20)22)18-11-21;1-6(2)4-7(3)5-8(9)10;1-3-2/h2-11,16H,1H3,(H,18,21);6-7H,4-5H2,1-3H3,(H2,9,10);3H,1H2,2H3/t;7-;/m.1./s1. The molecule has 1 aliphatic heterocycles. The van der Waals surface area contributed by atoms with Crippen LogP contribution in [0.25, 0.3) is 0 Å². The summed E-state index contributed by atoms with van der Waals surface area (Å²) in [7, 11) is 1.68. The number of primary amides is 1. The lowest BCUT2D eigenvalue weighted by Gasteiger charge is -2.19. The Bertz CT molecular complexity index is 1000. The summed E-state index contributed by atoms with van der Waals surface area (Å²) in [6, 6.07) is 17.2. The van der Waals surface area contributed by atoms with Gasteiger partial charge in [-0.05, 0) is 31.2 Å². The number of nitrogens with zero attached hydrogens (tertiary/aromatic N) is 2. The summed E-state index contributed by atoms with van der Waals surface area (Å²) in [5.74, 6) is 0.644. The summed E-state index contributed by atoms with van der Waals surface area (Å²) in [4.78, 5) is 39.7. The Morgan fingerprint density at radius 3 is 2.26 bits per heavy atom. The molecule has 188 valence electrons. The van der Waals surface area contributed by atoms with Crippen LogP contribution >= 0.6 is 0 Å². The van der Waals surface area contributed by atoms with Crippen LogP contribution in [0.2, 0.25) is 0 Å².